The van der Waals surface area contributed by atoms with Gasteiger partial charge in [-0.2, -0.15) is 0 Å². The lowest BCUT2D eigenvalue weighted by molar-refractivity contribution is 0.837. The first-order valence-electron chi connectivity index (χ1n) is 4.79. The number of nitrogens with zero attached hydrogens (tertiary/aromatic N) is 1. The second-order valence-corrected chi connectivity index (χ2v) is 3.28. The summed E-state index contributed by atoms with van der Waals surface area (Å²) in [6, 6.07) is 7.39. The highest BCUT2D eigenvalue weighted by Crippen LogP contribution is 2.06. The molecule has 0 atom stereocenters. The minimum Gasteiger partial charge on any atom is -0.310 e. The molecule has 1 N–H and O–H groups in total. The van der Waals surface area contributed by atoms with E-state index in [1.54, 1.807) is 6.07 Å². The van der Waals surface area contributed by atoms with E-state index in [-0.39, 0.29) is 5.56 Å². The number of rotatable bonds is 2. The van der Waals surface area contributed by atoms with Crippen molar-refractivity contribution in [3.63, 3.8) is 0 Å². The molecule has 0 saturated heterocycles. The Morgan fingerprint density at radius 2 is 2.14 bits per heavy atom. The van der Waals surface area contributed by atoms with Gasteiger partial charge in [-0.15, -0.1) is 0 Å². The van der Waals surface area contributed by atoms with Gasteiger partial charge in [0.15, 0.2) is 0 Å². The Kier molecular flexibility index (Phi) is 2.31. The lowest BCUT2D eigenvalue weighted by atomic mass is 10.2. The molecule has 14 heavy (non-hydrogen) atoms. The third-order valence-electron chi connectivity index (χ3n) is 2.15. The van der Waals surface area contributed by atoms with E-state index in [9.17, 15) is 4.79 Å². The first-order chi connectivity index (χ1) is 6.81. The summed E-state index contributed by atoms with van der Waals surface area (Å²) in [6.07, 6.45) is 1.81. The van der Waals surface area contributed by atoms with Crippen LogP contribution in [0.25, 0.3) is 10.9 Å². The topological polar surface area (TPSA) is 45.8 Å². The molecule has 0 radical (unpaired) electrons. The number of benzene rings is 1. The molecule has 2 aromatic rings. The minimum absolute atomic E-state index is 0.0425. The predicted octanol–water partition coefficient (Wildman–Crippen LogP) is 1.88. The van der Waals surface area contributed by atoms with Gasteiger partial charge in [0.2, 0.25) is 0 Å². The fourth-order valence-electron chi connectivity index (χ4n) is 1.49. The first-order valence-corrected chi connectivity index (χ1v) is 4.79. The SMILES string of the molecule is CCCc1nc2ccccc2c(=O)[nH]1. The minimum atomic E-state index is -0.0425. The Bertz CT molecular complexity index is 502. The Morgan fingerprint density at radius 1 is 1.36 bits per heavy atom. The number of aromatic nitrogens is 2. The highest BCUT2D eigenvalue weighted by molar-refractivity contribution is 5.77. The monoisotopic (exact) mass is 188 g/mol. The maximum absolute atomic E-state index is 11.6. The van der Waals surface area contributed by atoms with Crippen LogP contribution in [-0.2, 0) is 6.42 Å². The van der Waals surface area contributed by atoms with Gasteiger partial charge in [0.25, 0.3) is 5.56 Å². The third kappa shape index (κ3) is 1.53. The number of fused-ring (bicyclic) bond motifs is 1. The molecule has 0 unspecified atom stereocenters. The van der Waals surface area contributed by atoms with Crippen LogP contribution in [0.4, 0.5) is 0 Å². The summed E-state index contributed by atoms with van der Waals surface area (Å²) in [7, 11) is 0. The van der Waals surface area contributed by atoms with Crippen molar-refractivity contribution in [2.45, 2.75) is 19.8 Å². The zero-order valence-corrected chi connectivity index (χ0v) is 8.08. The van der Waals surface area contributed by atoms with Gasteiger partial charge in [-0.05, 0) is 18.6 Å². The van der Waals surface area contributed by atoms with E-state index < -0.39 is 0 Å². The van der Waals surface area contributed by atoms with Crippen LogP contribution in [0, 0.1) is 0 Å². The van der Waals surface area contributed by atoms with Gasteiger partial charge in [-0.3, -0.25) is 4.79 Å². The largest absolute Gasteiger partial charge is 0.310 e. The van der Waals surface area contributed by atoms with Crippen molar-refractivity contribution < 1.29 is 0 Å². The molecule has 0 spiro atoms. The zero-order valence-electron chi connectivity index (χ0n) is 8.08. The van der Waals surface area contributed by atoms with Crippen LogP contribution in [0.1, 0.15) is 19.2 Å². The van der Waals surface area contributed by atoms with Gasteiger partial charge in [-0.25, -0.2) is 4.98 Å². The lowest BCUT2D eigenvalue weighted by Crippen LogP contribution is -2.11. The van der Waals surface area contributed by atoms with Gasteiger partial charge < -0.3 is 4.98 Å². The van der Waals surface area contributed by atoms with Gasteiger partial charge in [0.1, 0.15) is 5.82 Å². The molecule has 0 bridgehead atoms. The average Bonchev–Trinajstić information content (AvgIpc) is 2.18. The fraction of sp³-hybridized carbons (Fsp3) is 0.273. The molecule has 0 amide bonds. The molecule has 0 aliphatic carbocycles. The number of para-hydroxylation sites is 1. The van der Waals surface area contributed by atoms with Gasteiger partial charge in [0, 0.05) is 6.42 Å². The van der Waals surface area contributed by atoms with Crippen molar-refractivity contribution in [3.05, 3.63) is 40.4 Å². The molecule has 1 heterocycles. The van der Waals surface area contributed by atoms with Crippen molar-refractivity contribution in [1.82, 2.24) is 9.97 Å². The van der Waals surface area contributed by atoms with E-state index in [0.29, 0.717) is 5.39 Å². The lowest BCUT2D eigenvalue weighted by Gasteiger charge is -2.00. The van der Waals surface area contributed by atoms with E-state index in [0.717, 1.165) is 24.2 Å². The van der Waals surface area contributed by atoms with Crippen LogP contribution in [-0.4, -0.2) is 9.97 Å². The predicted molar refractivity (Wildman–Crippen MR) is 56.4 cm³/mol. The van der Waals surface area contributed by atoms with Crippen LogP contribution in [0.2, 0.25) is 0 Å². The molecule has 0 aliphatic heterocycles. The molecule has 1 aromatic carbocycles. The second kappa shape index (κ2) is 3.62. The number of aryl methyl sites for hydroxylation is 1. The van der Waals surface area contributed by atoms with E-state index in [2.05, 4.69) is 16.9 Å². The molecular formula is C11H12N2O. The summed E-state index contributed by atoms with van der Waals surface area (Å²) in [4.78, 5) is 18.7. The Labute approximate surface area is 81.8 Å². The number of nitrogens with one attached hydrogen (secondary N) is 1. The summed E-state index contributed by atoms with van der Waals surface area (Å²) < 4.78 is 0. The summed E-state index contributed by atoms with van der Waals surface area (Å²) in [5, 5.41) is 0.660. The summed E-state index contributed by atoms with van der Waals surface area (Å²) in [5.74, 6) is 0.774. The van der Waals surface area contributed by atoms with Gasteiger partial charge >= 0.3 is 0 Å². The molecule has 72 valence electrons. The summed E-state index contributed by atoms with van der Waals surface area (Å²) in [5.41, 5.74) is 0.735. The van der Waals surface area contributed by atoms with Crippen molar-refractivity contribution in [3.8, 4) is 0 Å². The molecule has 0 aliphatic rings. The van der Waals surface area contributed by atoms with Gasteiger partial charge in [-0.1, -0.05) is 19.1 Å². The van der Waals surface area contributed by atoms with Crippen LogP contribution in [0.5, 0.6) is 0 Å². The van der Waals surface area contributed by atoms with Crippen molar-refractivity contribution >= 4 is 10.9 Å². The quantitative estimate of drug-likeness (QED) is 0.782. The third-order valence-corrected chi connectivity index (χ3v) is 2.15. The summed E-state index contributed by atoms with van der Waals surface area (Å²) in [6.45, 7) is 2.06. The van der Waals surface area contributed by atoms with Crippen LogP contribution >= 0.6 is 0 Å². The normalized spacial score (nSPS) is 10.6. The highest BCUT2D eigenvalue weighted by Gasteiger charge is 2.01. The zero-order chi connectivity index (χ0) is 9.97. The number of H-pyrrole nitrogens is 1. The molecule has 1 aromatic heterocycles. The fourth-order valence-corrected chi connectivity index (χ4v) is 1.49. The van der Waals surface area contributed by atoms with Crippen molar-refractivity contribution in [1.29, 1.82) is 0 Å². The average molecular weight is 188 g/mol. The first kappa shape index (κ1) is 8.94. The number of aromatic amines is 1. The van der Waals surface area contributed by atoms with E-state index >= 15 is 0 Å². The number of hydrogen-bond donors (Lipinski definition) is 1. The van der Waals surface area contributed by atoms with Crippen molar-refractivity contribution in [2.24, 2.45) is 0 Å². The molecule has 0 fully saturated rings. The molecule has 0 saturated carbocycles. The second-order valence-electron chi connectivity index (χ2n) is 3.28. The standard InChI is InChI=1S/C11H12N2O/c1-2-5-10-12-9-7-4-3-6-8(9)11(14)13-10/h3-4,6-7H,2,5H2,1H3,(H,12,13,14). The molecule has 3 heteroatoms. The maximum atomic E-state index is 11.6. The van der Waals surface area contributed by atoms with E-state index in [4.69, 9.17) is 0 Å². The molecule has 3 nitrogen and oxygen atoms in total. The van der Waals surface area contributed by atoms with E-state index in [1.165, 1.54) is 0 Å². The Hall–Kier alpha value is -1.64. The van der Waals surface area contributed by atoms with Gasteiger partial charge in [0.05, 0.1) is 10.9 Å². The van der Waals surface area contributed by atoms with E-state index in [1.807, 2.05) is 18.2 Å². The van der Waals surface area contributed by atoms with Crippen LogP contribution in [0.3, 0.4) is 0 Å². The molecular weight excluding hydrogens is 176 g/mol. The molecule has 2 rings (SSSR count). The summed E-state index contributed by atoms with van der Waals surface area (Å²) >= 11 is 0. The van der Waals surface area contributed by atoms with Crippen molar-refractivity contribution in [2.75, 3.05) is 0 Å². The van der Waals surface area contributed by atoms with Crippen LogP contribution in [0.15, 0.2) is 29.1 Å². The van der Waals surface area contributed by atoms with Crippen LogP contribution < -0.4 is 5.56 Å². The maximum Gasteiger partial charge on any atom is 0.258 e. The Balaban J connectivity index is 2.66. The smallest absolute Gasteiger partial charge is 0.258 e. The highest BCUT2D eigenvalue weighted by atomic mass is 16.1. The number of hydrogen-bond acceptors (Lipinski definition) is 2. The Morgan fingerprint density at radius 3 is 2.93 bits per heavy atom.